The summed E-state index contributed by atoms with van der Waals surface area (Å²) in [4.78, 5) is 0. The number of halogens is 2. The van der Waals surface area contributed by atoms with Crippen LogP contribution in [0.15, 0.2) is 30.3 Å². The minimum Gasteiger partial charge on any atom is -0.307 e. The van der Waals surface area contributed by atoms with Crippen molar-refractivity contribution < 1.29 is 8.78 Å². The standard InChI is InChI=1S/C18H21F2N/c1-5-21-18(14-7-6-11(2)16(20)10-14)17-12(3)8-15(19)9-13(17)4/h6-10,18,21H,5H2,1-4H3. The third kappa shape index (κ3) is 3.30. The zero-order valence-corrected chi connectivity index (χ0v) is 12.9. The Labute approximate surface area is 125 Å². The second kappa shape index (κ2) is 6.35. The first-order valence-corrected chi connectivity index (χ1v) is 7.20. The molecule has 0 aliphatic heterocycles. The van der Waals surface area contributed by atoms with E-state index in [0.29, 0.717) is 5.56 Å². The van der Waals surface area contributed by atoms with Gasteiger partial charge < -0.3 is 5.32 Å². The van der Waals surface area contributed by atoms with Crippen molar-refractivity contribution in [3.05, 3.63) is 69.8 Å². The first kappa shape index (κ1) is 15.6. The van der Waals surface area contributed by atoms with Crippen LogP contribution in [-0.2, 0) is 0 Å². The van der Waals surface area contributed by atoms with Crippen molar-refractivity contribution in [1.82, 2.24) is 5.32 Å². The molecule has 1 nitrogen and oxygen atoms in total. The van der Waals surface area contributed by atoms with Crippen molar-refractivity contribution in [1.29, 1.82) is 0 Å². The van der Waals surface area contributed by atoms with E-state index in [9.17, 15) is 8.78 Å². The quantitative estimate of drug-likeness (QED) is 0.868. The molecule has 112 valence electrons. The molecule has 0 aromatic heterocycles. The Morgan fingerprint density at radius 1 is 0.952 bits per heavy atom. The first-order chi connectivity index (χ1) is 9.93. The second-order valence-electron chi connectivity index (χ2n) is 5.45. The molecular weight excluding hydrogens is 268 g/mol. The molecule has 21 heavy (non-hydrogen) atoms. The Hall–Kier alpha value is -1.74. The fourth-order valence-electron chi connectivity index (χ4n) is 2.76. The molecule has 2 rings (SSSR count). The van der Waals surface area contributed by atoms with Gasteiger partial charge in [-0.05, 0) is 73.3 Å². The van der Waals surface area contributed by atoms with Crippen LogP contribution in [0.2, 0.25) is 0 Å². The van der Waals surface area contributed by atoms with Crippen molar-refractivity contribution in [2.75, 3.05) is 6.54 Å². The lowest BCUT2D eigenvalue weighted by Crippen LogP contribution is -2.24. The molecule has 2 aromatic carbocycles. The molecule has 0 heterocycles. The molecule has 1 atom stereocenters. The highest BCUT2D eigenvalue weighted by atomic mass is 19.1. The number of hydrogen-bond donors (Lipinski definition) is 1. The largest absolute Gasteiger partial charge is 0.307 e. The summed E-state index contributed by atoms with van der Waals surface area (Å²) in [5.74, 6) is -0.452. The lowest BCUT2D eigenvalue weighted by atomic mass is 9.90. The normalized spacial score (nSPS) is 12.5. The Morgan fingerprint density at radius 2 is 1.57 bits per heavy atom. The summed E-state index contributed by atoms with van der Waals surface area (Å²) < 4.78 is 27.4. The molecular formula is C18H21F2N. The van der Waals surface area contributed by atoms with E-state index >= 15 is 0 Å². The van der Waals surface area contributed by atoms with Gasteiger partial charge >= 0.3 is 0 Å². The van der Waals surface area contributed by atoms with Gasteiger partial charge in [-0.1, -0.05) is 19.1 Å². The highest BCUT2D eigenvalue weighted by molar-refractivity contribution is 5.43. The van der Waals surface area contributed by atoms with Crippen LogP contribution in [0.3, 0.4) is 0 Å². The average Bonchev–Trinajstić information content (AvgIpc) is 2.40. The van der Waals surface area contributed by atoms with Crippen LogP contribution in [0.1, 0.15) is 40.8 Å². The van der Waals surface area contributed by atoms with Gasteiger partial charge in [0.25, 0.3) is 0 Å². The summed E-state index contributed by atoms with van der Waals surface area (Å²) in [5.41, 5.74) is 4.25. The summed E-state index contributed by atoms with van der Waals surface area (Å²) >= 11 is 0. The SMILES string of the molecule is CCNC(c1ccc(C)c(F)c1)c1c(C)cc(F)cc1C. The van der Waals surface area contributed by atoms with E-state index in [1.165, 1.54) is 12.1 Å². The smallest absolute Gasteiger partial charge is 0.126 e. The van der Waals surface area contributed by atoms with Gasteiger partial charge in [0.05, 0.1) is 6.04 Å². The van der Waals surface area contributed by atoms with E-state index in [0.717, 1.165) is 28.8 Å². The van der Waals surface area contributed by atoms with Crippen LogP contribution in [0.5, 0.6) is 0 Å². The molecule has 1 unspecified atom stereocenters. The van der Waals surface area contributed by atoms with E-state index in [-0.39, 0.29) is 17.7 Å². The van der Waals surface area contributed by atoms with Gasteiger partial charge in [-0.15, -0.1) is 0 Å². The van der Waals surface area contributed by atoms with Crippen molar-refractivity contribution in [2.45, 2.75) is 33.7 Å². The van der Waals surface area contributed by atoms with Gasteiger partial charge in [-0.25, -0.2) is 8.78 Å². The Balaban J connectivity index is 2.55. The lowest BCUT2D eigenvalue weighted by Gasteiger charge is -2.23. The summed E-state index contributed by atoms with van der Waals surface area (Å²) in [6, 6.07) is 8.18. The molecule has 0 aliphatic rings. The minimum absolute atomic E-state index is 0.134. The van der Waals surface area contributed by atoms with Gasteiger partial charge in [0.1, 0.15) is 11.6 Å². The maximum absolute atomic E-state index is 13.9. The number of nitrogens with one attached hydrogen (secondary N) is 1. The fourth-order valence-corrected chi connectivity index (χ4v) is 2.76. The predicted octanol–water partition coefficient (Wildman–Crippen LogP) is 4.59. The third-order valence-electron chi connectivity index (χ3n) is 3.78. The highest BCUT2D eigenvalue weighted by Crippen LogP contribution is 2.29. The van der Waals surface area contributed by atoms with Crippen molar-refractivity contribution >= 4 is 0 Å². The molecule has 0 aliphatic carbocycles. The number of benzene rings is 2. The van der Waals surface area contributed by atoms with Gasteiger partial charge in [-0.2, -0.15) is 0 Å². The number of rotatable bonds is 4. The van der Waals surface area contributed by atoms with E-state index in [2.05, 4.69) is 5.32 Å². The fraction of sp³-hybridized carbons (Fsp3) is 0.333. The Bertz CT molecular complexity index is 627. The number of hydrogen-bond acceptors (Lipinski definition) is 1. The highest BCUT2D eigenvalue weighted by Gasteiger charge is 2.19. The molecule has 0 radical (unpaired) electrons. The van der Waals surface area contributed by atoms with Crippen LogP contribution in [0.4, 0.5) is 8.78 Å². The molecule has 2 aromatic rings. The van der Waals surface area contributed by atoms with Gasteiger partial charge in [-0.3, -0.25) is 0 Å². The van der Waals surface area contributed by atoms with Gasteiger partial charge in [0.15, 0.2) is 0 Å². The minimum atomic E-state index is -0.237. The van der Waals surface area contributed by atoms with E-state index in [4.69, 9.17) is 0 Å². The summed E-state index contributed by atoms with van der Waals surface area (Å²) in [5, 5.41) is 3.37. The topological polar surface area (TPSA) is 12.0 Å². The summed E-state index contributed by atoms with van der Waals surface area (Å²) in [7, 11) is 0. The van der Waals surface area contributed by atoms with E-state index < -0.39 is 0 Å². The Kier molecular flexibility index (Phi) is 4.73. The molecule has 0 amide bonds. The van der Waals surface area contributed by atoms with Crippen LogP contribution < -0.4 is 5.32 Å². The van der Waals surface area contributed by atoms with Crippen molar-refractivity contribution in [3.8, 4) is 0 Å². The Morgan fingerprint density at radius 3 is 2.10 bits per heavy atom. The lowest BCUT2D eigenvalue weighted by molar-refractivity contribution is 0.590. The van der Waals surface area contributed by atoms with Crippen LogP contribution >= 0.6 is 0 Å². The van der Waals surface area contributed by atoms with Crippen LogP contribution in [0.25, 0.3) is 0 Å². The van der Waals surface area contributed by atoms with Crippen molar-refractivity contribution in [2.24, 2.45) is 0 Å². The molecule has 0 fully saturated rings. The molecule has 0 saturated heterocycles. The monoisotopic (exact) mass is 289 g/mol. The summed E-state index contributed by atoms with van der Waals surface area (Å²) in [6.45, 7) is 8.28. The predicted molar refractivity (Wildman–Crippen MR) is 82.5 cm³/mol. The molecule has 3 heteroatoms. The maximum atomic E-state index is 13.9. The second-order valence-corrected chi connectivity index (χ2v) is 5.45. The van der Waals surface area contributed by atoms with Gasteiger partial charge in [0.2, 0.25) is 0 Å². The van der Waals surface area contributed by atoms with E-state index in [1.54, 1.807) is 19.1 Å². The zero-order chi connectivity index (χ0) is 15.6. The van der Waals surface area contributed by atoms with E-state index in [1.807, 2.05) is 26.8 Å². The average molecular weight is 289 g/mol. The first-order valence-electron chi connectivity index (χ1n) is 7.20. The maximum Gasteiger partial charge on any atom is 0.126 e. The summed E-state index contributed by atoms with van der Waals surface area (Å²) in [6.07, 6.45) is 0. The molecule has 0 spiro atoms. The molecule has 0 saturated carbocycles. The van der Waals surface area contributed by atoms with Crippen LogP contribution in [0, 0.1) is 32.4 Å². The molecule has 0 bridgehead atoms. The molecule has 1 N–H and O–H groups in total. The van der Waals surface area contributed by atoms with Crippen molar-refractivity contribution in [3.63, 3.8) is 0 Å². The number of aryl methyl sites for hydroxylation is 3. The third-order valence-corrected chi connectivity index (χ3v) is 3.78. The van der Waals surface area contributed by atoms with Crippen LogP contribution in [-0.4, -0.2) is 6.54 Å². The zero-order valence-electron chi connectivity index (χ0n) is 12.9. The van der Waals surface area contributed by atoms with Gasteiger partial charge in [0, 0.05) is 0 Å².